The zero-order valence-corrected chi connectivity index (χ0v) is 9.48. The van der Waals surface area contributed by atoms with Gasteiger partial charge in [0.1, 0.15) is 5.82 Å². The van der Waals surface area contributed by atoms with E-state index in [9.17, 15) is 4.39 Å². The van der Waals surface area contributed by atoms with Crippen LogP contribution in [0.5, 0.6) is 0 Å². The Morgan fingerprint density at radius 3 is 2.94 bits per heavy atom. The summed E-state index contributed by atoms with van der Waals surface area (Å²) in [6, 6.07) is 4.43. The molecule has 0 unspecified atom stereocenters. The minimum Gasteiger partial charge on any atom is -0.325 e. The van der Waals surface area contributed by atoms with Gasteiger partial charge in [-0.1, -0.05) is 11.6 Å². The van der Waals surface area contributed by atoms with Gasteiger partial charge >= 0.3 is 0 Å². The number of nitrogens with two attached hydrogens (primary N) is 1. The fourth-order valence-electron chi connectivity index (χ4n) is 1.67. The molecule has 1 aromatic heterocycles. The second kappa shape index (κ2) is 4.23. The Labute approximate surface area is 97.4 Å². The van der Waals surface area contributed by atoms with Gasteiger partial charge in [0.15, 0.2) is 0 Å². The molecule has 0 aliphatic rings. The van der Waals surface area contributed by atoms with Gasteiger partial charge in [-0.25, -0.2) is 4.39 Å². The number of hydrogen-bond donors (Lipinski definition) is 2. The molecule has 0 radical (unpaired) electrons. The fourth-order valence-corrected chi connectivity index (χ4v) is 1.85. The predicted octanol–water partition coefficient (Wildman–Crippen LogP) is 2.64. The van der Waals surface area contributed by atoms with Crippen LogP contribution in [0.15, 0.2) is 18.2 Å². The highest BCUT2D eigenvalue weighted by molar-refractivity contribution is 6.30. The molecule has 0 aliphatic carbocycles. The van der Waals surface area contributed by atoms with Gasteiger partial charge in [-0.15, -0.1) is 0 Å². The summed E-state index contributed by atoms with van der Waals surface area (Å²) in [7, 11) is 0. The minimum absolute atomic E-state index is 0.256. The van der Waals surface area contributed by atoms with Gasteiger partial charge in [0.2, 0.25) is 0 Å². The molecule has 5 heteroatoms. The number of halogens is 2. The van der Waals surface area contributed by atoms with Gasteiger partial charge in [0.05, 0.1) is 5.69 Å². The van der Waals surface area contributed by atoms with Crippen LogP contribution in [0.3, 0.4) is 0 Å². The van der Waals surface area contributed by atoms with Crippen LogP contribution in [0.4, 0.5) is 4.39 Å². The van der Waals surface area contributed by atoms with Gasteiger partial charge in [-0.05, 0) is 25.1 Å². The number of aryl methyl sites for hydroxylation is 1. The van der Waals surface area contributed by atoms with Gasteiger partial charge in [-0.2, -0.15) is 5.10 Å². The molecule has 2 aromatic rings. The molecule has 0 amide bonds. The van der Waals surface area contributed by atoms with E-state index in [-0.39, 0.29) is 12.4 Å². The third-order valence-corrected chi connectivity index (χ3v) is 2.65. The highest BCUT2D eigenvalue weighted by atomic mass is 35.5. The first-order valence-corrected chi connectivity index (χ1v) is 5.20. The number of nitrogens with one attached hydrogen (secondary N) is 1. The lowest BCUT2D eigenvalue weighted by Gasteiger charge is -2.05. The Morgan fingerprint density at radius 1 is 1.50 bits per heavy atom. The smallest absolute Gasteiger partial charge is 0.131 e. The van der Waals surface area contributed by atoms with Crippen molar-refractivity contribution < 1.29 is 4.39 Å². The number of rotatable bonds is 2. The number of aromatic nitrogens is 2. The molecule has 2 rings (SSSR count). The second-order valence-corrected chi connectivity index (χ2v) is 3.94. The molecule has 0 saturated carbocycles. The third kappa shape index (κ3) is 1.81. The summed E-state index contributed by atoms with van der Waals surface area (Å²) >= 11 is 5.85. The first kappa shape index (κ1) is 11.1. The van der Waals surface area contributed by atoms with E-state index in [1.165, 1.54) is 12.1 Å². The fraction of sp³-hybridized carbons (Fsp3) is 0.182. The predicted molar refractivity (Wildman–Crippen MR) is 61.6 cm³/mol. The van der Waals surface area contributed by atoms with Crippen molar-refractivity contribution in [1.82, 2.24) is 10.2 Å². The van der Waals surface area contributed by atoms with Crippen LogP contribution in [0.1, 0.15) is 11.4 Å². The number of aromatic amines is 1. The van der Waals surface area contributed by atoms with E-state index in [1.807, 2.05) is 6.92 Å². The standard InChI is InChI=1S/C11H11ClFN3/c1-6-11(10(5-14)16-15-6)8-4-7(12)2-3-9(8)13/h2-4H,5,14H2,1H3,(H,15,16). The average Bonchev–Trinajstić information content (AvgIpc) is 2.63. The van der Waals surface area contributed by atoms with E-state index in [0.29, 0.717) is 21.8 Å². The topological polar surface area (TPSA) is 54.7 Å². The van der Waals surface area contributed by atoms with Crippen molar-refractivity contribution in [2.45, 2.75) is 13.5 Å². The van der Waals surface area contributed by atoms with Crippen molar-refractivity contribution in [3.05, 3.63) is 40.4 Å². The summed E-state index contributed by atoms with van der Waals surface area (Å²) in [5, 5.41) is 7.30. The van der Waals surface area contributed by atoms with Crippen molar-refractivity contribution in [3.63, 3.8) is 0 Å². The molecule has 84 valence electrons. The molecule has 3 nitrogen and oxygen atoms in total. The monoisotopic (exact) mass is 239 g/mol. The lowest BCUT2D eigenvalue weighted by atomic mass is 10.0. The molecule has 0 saturated heterocycles. The summed E-state index contributed by atoms with van der Waals surface area (Å²) in [6.45, 7) is 2.08. The molecular formula is C11H11ClFN3. The highest BCUT2D eigenvalue weighted by Crippen LogP contribution is 2.30. The van der Waals surface area contributed by atoms with Crippen molar-refractivity contribution in [3.8, 4) is 11.1 Å². The van der Waals surface area contributed by atoms with Gasteiger partial charge in [0, 0.05) is 28.4 Å². The Kier molecular flexibility index (Phi) is 2.94. The second-order valence-electron chi connectivity index (χ2n) is 3.50. The molecule has 0 atom stereocenters. The van der Waals surface area contributed by atoms with Crippen LogP contribution in [-0.2, 0) is 6.54 Å². The number of benzene rings is 1. The first-order chi connectivity index (χ1) is 7.63. The Hall–Kier alpha value is -1.39. The molecule has 1 aromatic carbocycles. The van der Waals surface area contributed by atoms with Crippen molar-refractivity contribution in [2.75, 3.05) is 0 Å². The molecule has 0 fully saturated rings. The summed E-state index contributed by atoms with van der Waals surface area (Å²) < 4.78 is 13.7. The summed E-state index contributed by atoms with van der Waals surface area (Å²) in [6.07, 6.45) is 0. The molecule has 1 heterocycles. The van der Waals surface area contributed by atoms with Crippen LogP contribution < -0.4 is 5.73 Å². The van der Waals surface area contributed by atoms with Gasteiger partial charge in [0.25, 0.3) is 0 Å². The zero-order valence-electron chi connectivity index (χ0n) is 8.72. The molecule has 0 aliphatic heterocycles. The summed E-state index contributed by atoms with van der Waals surface area (Å²) in [5.74, 6) is -0.330. The average molecular weight is 240 g/mol. The maximum Gasteiger partial charge on any atom is 0.131 e. The quantitative estimate of drug-likeness (QED) is 0.847. The lowest BCUT2D eigenvalue weighted by Crippen LogP contribution is -1.99. The van der Waals surface area contributed by atoms with Crippen LogP contribution in [0.25, 0.3) is 11.1 Å². The molecule has 0 spiro atoms. The van der Waals surface area contributed by atoms with E-state index in [4.69, 9.17) is 17.3 Å². The minimum atomic E-state index is -0.330. The Morgan fingerprint density at radius 2 is 2.25 bits per heavy atom. The first-order valence-electron chi connectivity index (χ1n) is 4.83. The van der Waals surface area contributed by atoms with Crippen LogP contribution in [0, 0.1) is 12.7 Å². The van der Waals surface area contributed by atoms with Crippen molar-refractivity contribution >= 4 is 11.6 Å². The third-order valence-electron chi connectivity index (χ3n) is 2.41. The maximum absolute atomic E-state index is 13.7. The summed E-state index contributed by atoms with van der Waals surface area (Å²) in [4.78, 5) is 0. The summed E-state index contributed by atoms with van der Waals surface area (Å²) in [5.41, 5.74) is 8.10. The van der Waals surface area contributed by atoms with Gasteiger partial charge < -0.3 is 5.73 Å². The highest BCUT2D eigenvalue weighted by Gasteiger charge is 2.15. The normalized spacial score (nSPS) is 10.8. The number of hydrogen-bond acceptors (Lipinski definition) is 2. The zero-order chi connectivity index (χ0) is 11.7. The van der Waals surface area contributed by atoms with E-state index in [1.54, 1.807) is 6.07 Å². The van der Waals surface area contributed by atoms with E-state index in [2.05, 4.69) is 10.2 Å². The Bertz CT molecular complexity index is 522. The maximum atomic E-state index is 13.7. The van der Waals surface area contributed by atoms with Crippen LogP contribution in [-0.4, -0.2) is 10.2 Å². The van der Waals surface area contributed by atoms with Crippen LogP contribution >= 0.6 is 11.6 Å². The Balaban J connectivity index is 2.66. The molecule has 16 heavy (non-hydrogen) atoms. The lowest BCUT2D eigenvalue weighted by molar-refractivity contribution is 0.631. The molecular weight excluding hydrogens is 229 g/mol. The van der Waals surface area contributed by atoms with E-state index in [0.717, 1.165) is 5.69 Å². The van der Waals surface area contributed by atoms with Crippen molar-refractivity contribution in [2.24, 2.45) is 5.73 Å². The number of H-pyrrole nitrogens is 1. The largest absolute Gasteiger partial charge is 0.325 e. The number of nitrogens with zero attached hydrogens (tertiary/aromatic N) is 1. The van der Waals surface area contributed by atoms with Gasteiger partial charge in [-0.3, -0.25) is 5.10 Å². The molecule has 0 bridgehead atoms. The van der Waals surface area contributed by atoms with Crippen molar-refractivity contribution in [1.29, 1.82) is 0 Å². The van der Waals surface area contributed by atoms with E-state index >= 15 is 0 Å². The van der Waals surface area contributed by atoms with E-state index < -0.39 is 0 Å². The molecule has 3 N–H and O–H groups in total. The van der Waals surface area contributed by atoms with Crippen LogP contribution in [0.2, 0.25) is 5.02 Å². The SMILES string of the molecule is Cc1[nH]nc(CN)c1-c1cc(Cl)ccc1F.